The maximum atomic E-state index is 3.55. The molecule has 0 radical (unpaired) electrons. The first-order valence-corrected chi connectivity index (χ1v) is 5.77. The molecule has 3 heteroatoms. The summed E-state index contributed by atoms with van der Waals surface area (Å²) < 4.78 is 0. The summed E-state index contributed by atoms with van der Waals surface area (Å²) in [5.41, 5.74) is 0. The quantitative estimate of drug-likeness (QED) is 0.774. The molecule has 0 amide bonds. The van der Waals surface area contributed by atoms with Crippen LogP contribution in [0.25, 0.3) is 0 Å². The third-order valence-corrected chi connectivity index (χ3v) is 3.58. The largest absolute Gasteiger partial charge is 0.307 e. The summed E-state index contributed by atoms with van der Waals surface area (Å²) in [6.45, 7) is 6.88. The van der Waals surface area contributed by atoms with Gasteiger partial charge in [0.25, 0.3) is 0 Å². The molecule has 1 aliphatic rings. The fourth-order valence-corrected chi connectivity index (χ4v) is 2.57. The molecule has 72 valence electrons. The van der Waals surface area contributed by atoms with Gasteiger partial charge in [0.2, 0.25) is 0 Å². The molecule has 1 fully saturated rings. The van der Waals surface area contributed by atoms with Crippen LogP contribution < -0.4 is 5.32 Å². The van der Waals surface area contributed by atoms with E-state index in [1.165, 1.54) is 18.0 Å². The van der Waals surface area contributed by atoms with Crippen molar-refractivity contribution < 1.29 is 0 Å². The summed E-state index contributed by atoms with van der Waals surface area (Å²) in [6.07, 6.45) is 0. The number of piperazine rings is 1. The Labute approximate surface area is 83.6 Å². The summed E-state index contributed by atoms with van der Waals surface area (Å²) >= 11 is 1.85. The Kier molecular flexibility index (Phi) is 2.98. The Morgan fingerprint density at radius 1 is 1.69 bits per heavy atom. The van der Waals surface area contributed by atoms with Gasteiger partial charge in [-0.1, -0.05) is 13.0 Å². The summed E-state index contributed by atoms with van der Waals surface area (Å²) in [6, 6.07) is 4.92. The van der Waals surface area contributed by atoms with Gasteiger partial charge in [0.15, 0.2) is 0 Å². The van der Waals surface area contributed by atoms with Crippen molar-refractivity contribution in [3.63, 3.8) is 0 Å². The van der Waals surface area contributed by atoms with Crippen LogP contribution in [-0.2, 0) is 0 Å². The van der Waals surface area contributed by atoms with E-state index < -0.39 is 0 Å². The molecule has 0 aromatic carbocycles. The van der Waals surface area contributed by atoms with E-state index in [1.807, 2.05) is 11.3 Å². The Morgan fingerprint density at radius 3 is 3.31 bits per heavy atom. The van der Waals surface area contributed by atoms with Crippen LogP contribution >= 0.6 is 11.3 Å². The topological polar surface area (TPSA) is 15.3 Å². The first-order chi connectivity index (χ1) is 6.40. The molecule has 0 aliphatic carbocycles. The van der Waals surface area contributed by atoms with E-state index in [2.05, 4.69) is 34.7 Å². The zero-order valence-corrected chi connectivity index (χ0v) is 8.81. The predicted molar refractivity (Wildman–Crippen MR) is 57.2 cm³/mol. The predicted octanol–water partition coefficient (Wildman–Crippen LogP) is 1.71. The lowest BCUT2D eigenvalue weighted by Crippen LogP contribution is -2.45. The fraction of sp³-hybridized carbons (Fsp3) is 0.600. The average Bonchev–Trinajstić information content (AvgIpc) is 2.71. The second kappa shape index (κ2) is 4.22. The molecule has 1 aliphatic heterocycles. The molecule has 0 saturated carbocycles. The van der Waals surface area contributed by atoms with Crippen LogP contribution in [0.2, 0.25) is 0 Å². The Hall–Kier alpha value is -0.380. The molecule has 2 rings (SSSR count). The Morgan fingerprint density at radius 2 is 2.62 bits per heavy atom. The van der Waals surface area contributed by atoms with Crippen LogP contribution in [0.3, 0.4) is 0 Å². The molecule has 1 aromatic rings. The van der Waals surface area contributed by atoms with Gasteiger partial charge >= 0.3 is 0 Å². The normalized spacial score (nSPS) is 24.8. The highest BCUT2D eigenvalue weighted by Gasteiger charge is 2.19. The highest BCUT2D eigenvalue weighted by atomic mass is 32.1. The SMILES string of the molecule is CCN1CCNC(c2cccs2)C1. The van der Waals surface area contributed by atoms with Crippen molar-refractivity contribution in [3.8, 4) is 0 Å². The van der Waals surface area contributed by atoms with Crippen LogP contribution in [0, 0.1) is 0 Å². The van der Waals surface area contributed by atoms with Gasteiger partial charge in [-0.3, -0.25) is 0 Å². The monoisotopic (exact) mass is 196 g/mol. The maximum absolute atomic E-state index is 3.55. The molecule has 13 heavy (non-hydrogen) atoms. The third kappa shape index (κ3) is 2.10. The van der Waals surface area contributed by atoms with Crippen LogP contribution in [0.1, 0.15) is 17.8 Å². The molecule has 1 aromatic heterocycles. The number of hydrogen-bond acceptors (Lipinski definition) is 3. The summed E-state index contributed by atoms with van der Waals surface area (Å²) in [4.78, 5) is 3.97. The third-order valence-electron chi connectivity index (χ3n) is 2.59. The van der Waals surface area contributed by atoms with Crippen molar-refractivity contribution in [3.05, 3.63) is 22.4 Å². The summed E-state index contributed by atoms with van der Waals surface area (Å²) in [7, 11) is 0. The van der Waals surface area contributed by atoms with Crippen LogP contribution in [-0.4, -0.2) is 31.1 Å². The number of hydrogen-bond donors (Lipinski definition) is 1. The first-order valence-electron chi connectivity index (χ1n) is 4.89. The van der Waals surface area contributed by atoms with Gasteiger partial charge in [0.1, 0.15) is 0 Å². The lowest BCUT2D eigenvalue weighted by Gasteiger charge is -2.32. The van der Waals surface area contributed by atoms with E-state index in [-0.39, 0.29) is 0 Å². The van der Waals surface area contributed by atoms with Gasteiger partial charge in [0, 0.05) is 24.5 Å². The van der Waals surface area contributed by atoms with Gasteiger partial charge in [-0.25, -0.2) is 0 Å². The molecule has 1 saturated heterocycles. The Balaban J connectivity index is 2.00. The molecule has 1 unspecified atom stereocenters. The molecular weight excluding hydrogens is 180 g/mol. The van der Waals surface area contributed by atoms with Crippen molar-refractivity contribution in [1.82, 2.24) is 10.2 Å². The lowest BCUT2D eigenvalue weighted by molar-refractivity contribution is 0.212. The zero-order chi connectivity index (χ0) is 9.10. The number of likely N-dealkylation sites (N-methyl/N-ethyl adjacent to an activating group) is 1. The summed E-state index contributed by atoms with van der Waals surface area (Å²) in [5.74, 6) is 0. The standard InChI is InChI=1S/C10H16N2S/c1-2-12-6-5-11-9(8-12)10-4-3-7-13-10/h3-4,7,9,11H,2,5-6,8H2,1H3. The van der Waals surface area contributed by atoms with Crippen LogP contribution in [0.5, 0.6) is 0 Å². The molecule has 0 bridgehead atoms. The van der Waals surface area contributed by atoms with E-state index in [9.17, 15) is 0 Å². The van der Waals surface area contributed by atoms with Gasteiger partial charge in [-0.2, -0.15) is 0 Å². The zero-order valence-electron chi connectivity index (χ0n) is 7.99. The first kappa shape index (κ1) is 9.19. The van der Waals surface area contributed by atoms with E-state index >= 15 is 0 Å². The molecule has 1 N–H and O–H groups in total. The van der Waals surface area contributed by atoms with Crippen molar-refractivity contribution in [2.75, 3.05) is 26.2 Å². The molecule has 2 heterocycles. The van der Waals surface area contributed by atoms with Gasteiger partial charge in [-0.05, 0) is 18.0 Å². The number of rotatable bonds is 2. The van der Waals surface area contributed by atoms with Crippen LogP contribution in [0.4, 0.5) is 0 Å². The Bertz CT molecular complexity index is 245. The number of thiophene rings is 1. The summed E-state index contributed by atoms with van der Waals surface area (Å²) in [5, 5.41) is 5.71. The lowest BCUT2D eigenvalue weighted by atomic mass is 10.2. The van der Waals surface area contributed by atoms with Crippen molar-refractivity contribution in [1.29, 1.82) is 0 Å². The minimum atomic E-state index is 0.564. The molecular formula is C10H16N2S. The molecule has 0 spiro atoms. The second-order valence-corrected chi connectivity index (χ2v) is 4.39. The van der Waals surface area contributed by atoms with E-state index in [1.54, 1.807) is 0 Å². The highest BCUT2D eigenvalue weighted by molar-refractivity contribution is 7.10. The molecule has 1 atom stereocenters. The number of nitrogens with zero attached hydrogens (tertiary/aromatic N) is 1. The second-order valence-electron chi connectivity index (χ2n) is 3.42. The average molecular weight is 196 g/mol. The minimum absolute atomic E-state index is 0.564. The van der Waals surface area contributed by atoms with Crippen molar-refractivity contribution >= 4 is 11.3 Å². The number of nitrogens with one attached hydrogen (secondary N) is 1. The minimum Gasteiger partial charge on any atom is -0.307 e. The molecule has 2 nitrogen and oxygen atoms in total. The van der Waals surface area contributed by atoms with Crippen molar-refractivity contribution in [2.45, 2.75) is 13.0 Å². The van der Waals surface area contributed by atoms with E-state index in [0.29, 0.717) is 6.04 Å². The van der Waals surface area contributed by atoms with E-state index in [4.69, 9.17) is 0 Å². The maximum Gasteiger partial charge on any atom is 0.0544 e. The van der Waals surface area contributed by atoms with Crippen molar-refractivity contribution in [2.24, 2.45) is 0 Å². The van der Waals surface area contributed by atoms with E-state index in [0.717, 1.165) is 13.1 Å². The van der Waals surface area contributed by atoms with Gasteiger partial charge in [-0.15, -0.1) is 11.3 Å². The smallest absolute Gasteiger partial charge is 0.0544 e. The van der Waals surface area contributed by atoms with Gasteiger partial charge < -0.3 is 10.2 Å². The highest BCUT2D eigenvalue weighted by Crippen LogP contribution is 2.21. The van der Waals surface area contributed by atoms with Crippen LogP contribution in [0.15, 0.2) is 17.5 Å². The fourth-order valence-electron chi connectivity index (χ4n) is 1.78. The van der Waals surface area contributed by atoms with Gasteiger partial charge in [0.05, 0.1) is 6.04 Å².